The van der Waals surface area contributed by atoms with Crippen molar-refractivity contribution < 1.29 is 9.59 Å². The molecule has 2 N–H and O–H groups in total. The summed E-state index contributed by atoms with van der Waals surface area (Å²) in [7, 11) is 0. The summed E-state index contributed by atoms with van der Waals surface area (Å²) >= 11 is 0. The Balaban J connectivity index is 1.78. The average Bonchev–Trinajstić information content (AvgIpc) is 2.52. The average molecular weight is 300 g/mol. The first-order valence-electron chi connectivity index (χ1n) is 7.90. The van der Waals surface area contributed by atoms with E-state index in [0.717, 1.165) is 30.4 Å². The zero-order valence-electron chi connectivity index (χ0n) is 13.4. The Morgan fingerprint density at radius 3 is 2.59 bits per heavy atom. The van der Waals surface area contributed by atoms with Crippen LogP contribution in [0, 0.1) is 13.8 Å². The molecule has 1 aliphatic carbocycles. The number of nitrogens with one attached hydrogen (secondary N) is 2. The molecule has 4 heteroatoms. The Bertz CT molecular complexity index is 591. The van der Waals surface area contributed by atoms with Gasteiger partial charge in [0.25, 0.3) is 0 Å². The van der Waals surface area contributed by atoms with Gasteiger partial charge in [-0.15, -0.1) is 0 Å². The van der Waals surface area contributed by atoms with E-state index in [1.54, 1.807) is 6.07 Å². The second kappa shape index (κ2) is 7.78. The normalized spacial score (nSPS) is 14.2. The molecule has 118 valence electrons. The molecular weight excluding hydrogens is 276 g/mol. The van der Waals surface area contributed by atoms with Crippen LogP contribution in [0.1, 0.15) is 43.2 Å². The third-order valence-electron chi connectivity index (χ3n) is 4.09. The fourth-order valence-corrected chi connectivity index (χ4v) is 2.56. The number of carbonyl (C=O) groups is 2. The molecule has 0 radical (unpaired) electrons. The number of carbonyl (C=O) groups excluding carboxylic acids is 2. The number of hydrogen-bond acceptors (Lipinski definition) is 2. The van der Waals surface area contributed by atoms with Gasteiger partial charge in [0.1, 0.15) is 0 Å². The number of rotatable bonds is 4. The molecule has 0 heterocycles. The van der Waals surface area contributed by atoms with Crippen molar-refractivity contribution in [1.82, 2.24) is 5.32 Å². The highest BCUT2D eigenvalue weighted by molar-refractivity contribution is 6.39. The zero-order chi connectivity index (χ0) is 15.9. The van der Waals surface area contributed by atoms with E-state index in [2.05, 4.69) is 16.7 Å². The van der Waals surface area contributed by atoms with E-state index in [4.69, 9.17) is 0 Å². The van der Waals surface area contributed by atoms with E-state index in [-0.39, 0.29) is 0 Å². The predicted molar refractivity (Wildman–Crippen MR) is 88.7 cm³/mol. The third-order valence-corrected chi connectivity index (χ3v) is 4.09. The van der Waals surface area contributed by atoms with E-state index in [0.29, 0.717) is 12.2 Å². The van der Waals surface area contributed by atoms with Crippen molar-refractivity contribution in [3.8, 4) is 0 Å². The maximum atomic E-state index is 11.9. The van der Waals surface area contributed by atoms with Crippen LogP contribution in [0.2, 0.25) is 0 Å². The maximum absolute atomic E-state index is 11.9. The number of benzene rings is 1. The number of hydrogen-bond donors (Lipinski definition) is 2. The van der Waals surface area contributed by atoms with Gasteiger partial charge in [0.2, 0.25) is 0 Å². The summed E-state index contributed by atoms with van der Waals surface area (Å²) in [5.41, 5.74) is 4.28. The van der Waals surface area contributed by atoms with Crippen molar-refractivity contribution in [2.45, 2.75) is 46.0 Å². The van der Waals surface area contributed by atoms with Crippen LogP contribution in [0.25, 0.3) is 0 Å². The fourth-order valence-electron chi connectivity index (χ4n) is 2.56. The summed E-state index contributed by atoms with van der Waals surface area (Å²) in [4.78, 5) is 23.7. The molecule has 1 aromatic rings. The van der Waals surface area contributed by atoms with Crippen LogP contribution in [-0.2, 0) is 9.59 Å². The van der Waals surface area contributed by atoms with Gasteiger partial charge in [-0.3, -0.25) is 9.59 Å². The van der Waals surface area contributed by atoms with Crippen LogP contribution < -0.4 is 10.6 Å². The summed E-state index contributed by atoms with van der Waals surface area (Å²) in [6, 6.07) is 5.60. The highest BCUT2D eigenvalue weighted by Crippen LogP contribution is 2.19. The lowest BCUT2D eigenvalue weighted by molar-refractivity contribution is -0.136. The minimum Gasteiger partial charge on any atom is -0.348 e. The van der Waals surface area contributed by atoms with Crippen LogP contribution in [0.5, 0.6) is 0 Å². The summed E-state index contributed by atoms with van der Waals surface area (Å²) in [5, 5.41) is 5.32. The van der Waals surface area contributed by atoms with Gasteiger partial charge in [-0.25, -0.2) is 0 Å². The van der Waals surface area contributed by atoms with Crippen molar-refractivity contribution in [2.24, 2.45) is 0 Å². The monoisotopic (exact) mass is 300 g/mol. The molecular formula is C18H24N2O2. The van der Waals surface area contributed by atoms with E-state index in [9.17, 15) is 9.59 Å². The molecule has 2 amide bonds. The van der Waals surface area contributed by atoms with Crippen LogP contribution in [0.15, 0.2) is 29.8 Å². The number of anilines is 1. The van der Waals surface area contributed by atoms with Gasteiger partial charge in [-0.2, -0.15) is 0 Å². The highest BCUT2D eigenvalue weighted by atomic mass is 16.2. The Morgan fingerprint density at radius 1 is 1.09 bits per heavy atom. The number of allylic oxidation sites excluding steroid dienone is 1. The number of amides is 2. The molecule has 0 fully saturated rings. The Morgan fingerprint density at radius 2 is 1.91 bits per heavy atom. The first-order chi connectivity index (χ1) is 10.6. The fraction of sp³-hybridized carbons (Fsp3) is 0.444. The third kappa shape index (κ3) is 4.72. The SMILES string of the molecule is Cc1ccc(NC(=O)C(=O)NCCC2=CCCCC2)cc1C. The largest absolute Gasteiger partial charge is 0.348 e. The first kappa shape index (κ1) is 16.3. The minimum absolute atomic E-state index is 0.519. The maximum Gasteiger partial charge on any atom is 0.313 e. The molecule has 0 spiro atoms. The van der Waals surface area contributed by atoms with Crippen molar-refractivity contribution >= 4 is 17.5 Å². The summed E-state index contributed by atoms with van der Waals surface area (Å²) in [6.45, 7) is 4.50. The molecule has 0 atom stereocenters. The summed E-state index contributed by atoms with van der Waals surface area (Å²) in [5.74, 6) is -1.18. The van der Waals surface area contributed by atoms with Gasteiger partial charge < -0.3 is 10.6 Å². The quantitative estimate of drug-likeness (QED) is 0.662. The van der Waals surface area contributed by atoms with Crippen molar-refractivity contribution in [3.05, 3.63) is 41.0 Å². The van der Waals surface area contributed by atoms with E-state index in [1.165, 1.54) is 18.4 Å². The topological polar surface area (TPSA) is 58.2 Å². The van der Waals surface area contributed by atoms with Gasteiger partial charge in [0.05, 0.1) is 0 Å². The Labute approximate surface area is 132 Å². The van der Waals surface area contributed by atoms with Crippen molar-refractivity contribution in [3.63, 3.8) is 0 Å². The lowest BCUT2D eigenvalue weighted by Gasteiger charge is -2.13. The van der Waals surface area contributed by atoms with Gasteiger partial charge in [-0.05, 0) is 69.2 Å². The van der Waals surface area contributed by atoms with E-state index < -0.39 is 11.8 Å². The summed E-state index contributed by atoms with van der Waals surface area (Å²) < 4.78 is 0. The van der Waals surface area contributed by atoms with Gasteiger partial charge in [-0.1, -0.05) is 17.7 Å². The molecule has 4 nitrogen and oxygen atoms in total. The minimum atomic E-state index is -0.610. The molecule has 22 heavy (non-hydrogen) atoms. The zero-order valence-corrected chi connectivity index (χ0v) is 13.4. The molecule has 0 bridgehead atoms. The lowest BCUT2D eigenvalue weighted by atomic mass is 9.97. The van der Waals surface area contributed by atoms with Gasteiger partial charge in [0, 0.05) is 12.2 Å². The van der Waals surface area contributed by atoms with Crippen molar-refractivity contribution in [1.29, 1.82) is 0 Å². The predicted octanol–water partition coefficient (Wildman–Crippen LogP) is 3.25. The Kier molecular flexibility index (Phi) is 5.75. The standard InChI is InChI=1S/C18H24N2O2/c1-13-8-9-16(12-14(13)2)20-18(22)17(21)19-11-10-15-6-4-3-5-7-15/h6,8-9,12H,3-5,7,10-11H2,1-2H3,(H,19,21)(H,20,22). The van der Waals surface area contributed by atoms with E-state index >= 15 is 0 Å². The first-order valence-corrected chi connectivity index (χ1v) is 7.90. The summed E-state index contributed by atoms with van der Waals surface area (Å²) in [6.07, 6.45) is 7.83. The smallest absolute Gasteiger partial charge is 0.313 e. The molecule has 0 saturated heterocycles. The van der Waals surface area contributed by atoms with Crippen LogP contribution in [0.4, 0.5) is 5.69 Å². The molecule has 0 unspecified atom stereocenters. The molecule has 0 saturated carbocycles. The second-order valence-electron chi connectivity index (χ2n) is 5.87. The van der Waals surface area contributed by atoms with Gasteiger partial charge >= 0.3 is 11.8 Å². The molecule has 0 aliphatic heterocycles. The second-order valence-corrected chi connectivity index (χ2v) is 5.87. The Hall–Kier alpha value is -2.10. The van der Waals surface area contributed by atoms with Crippen LogP contribution in [0.3, 0.4) is 0 Å². The highest BCUT2D eigenvalue weighted by Gasteiger charge is 2.13. The molecule has 0 aromatic heterocycles. The molecule has 1 aliphatic rings. The van der Waals surface area contributed by atoms with Crippen LogP contribution in [-0.4, -0.2) is 18.4 Å². The molecule has 2 rings (SSSR count). The number of aryl methyl sites for hydroxylation is 2. The van der Waals surface area contributed by atoms with Crippen molar-refractivity contribution in [2.75, 3.05) is 11.9 Å². The van der Waals surface area contributed by atoms with E-state index in [1.807, 2.05) is 26.0 Å². The van der Waals surface area contributed by atoms with Crippen LogP contribution >= 0.6 is 0 Å². The molecule has 1 aromatic carbocycles. The lowest BCUT2D eigenvalue weighted by Crippen LogP contribution is -2.36. The van der Waals surface area contributed by atoms with Gasteiger partial charge in [0.15, 0.2) is 0 Å².